The topological polar surface area (TPSA) is 172 Å². The number of Topliss-reactive ketones (excluding diaryl/α,β-unsaturated/α-hetero) is 2. The largest absolute Gasteiger partial charge is 0.455 e. The van der Waals surface area contributed by atoms with E-state index in [-0.39, 0.29) is 37.3 Å². The van der Waals surface area contributed by atoms with Gasteiger partial charge < -0.3 is 38.3 Å². The van der Waals surface area contributed by atoms with Gasteiger partial charge in [-0.2, -0.15) is 0 Å². The number of pyridine rings is 1. The van der Waals surface area contributed by atoms with Crippen molar-refractivity contribution < 1.29 is 52.4 Å². The molecule has 61 heavy (non-hydrogen) atoms. The molecule has 2 aromatic heterocycles. The fourth-order valence-corrected chi connectivity index (χ4v) is 9.62. The number of ketones is 2. The highest BCUT2D eigenvalue weighted by atomic mass is 19.1. The number of carbonyl (C=O) groups is 4. The van der Waals surface area contributed by atoms with Crippen molar-refractivity contribution in [2.24, 2.45) is 17.8 Å². The van der Waals surface area contributed by atoms with Gasteiger partial charge in [-0.1, -0.05) is 33.8 Å². The van der Waals surface area contributed by atoms with E-state index in [1.807, 2.05) is 48.8 Å². The Labute approximate surface area is 359 Å². The summed E-state index contributed by atoms with van der Waals surface area (Å²) in [5.74, 6) is -5.91. The normalized spacial score (nSPS) is 36.9. The van der Waals surface area contributed by atoms with Crippen molar-refractivity contribution in [3.8, 4) is 11.3 Å². The van der Waals surface area contributed by atoms with Gasteiger partial charge >= 0.3 is 12.1 Å². The Hall–Kier alpha value is -4.09. The van der Waals surface area contributed by atoms with Crippen molar-refractivity contribution in [2.45, 2.75) is 154 Å². The van der Waals surface area contributed by atoms with Gasteiger partial charge in [-0.05, 0) is 92.1 Å². The molecule has 3 aliphatic heterocycles. The molecule has 2 aromatic rings. The average Bonchev–Trinajstić information content (AvgIpc) is 3.82. The molecule has 0 bridgehead atoms. The van der Waals surface area contributed by atoms with Crippen LogP contribution in [0.4, 0.5) is 9.18 Å². The third kappa shape index (κ3) is 9.78. The van der Waals surface area contributed by atoms with E-state index in [9.17, 15) is 24.3 Å². The minimum absolute atomic E-state index is 0.0147. The highest BCUT2D eigenvalue weighted by molar-refractivity contribution is 6.08. The van der Waals surface area contributed by atoms with Gasteiger partial charge in [0.25, 0.3) is 5.67 Å². The highest BCUT2D eigenvalue weighted by Crippen LogP contribution is 2.45. The molecule has 15 nitrogen and oxygen atoms in total. The minimum atomic E-state index is -3.20. The van der Waals surface area contributed by atoms with Gasteiger partial charge in [0.15, 0.2) is 17.7 Å². The Bertz CT molecular complexity index is 1880. The van der Waals surface area contributed by atoms with E-state index in [2.05, 4.69) is 9.97 Å². The van der Waals surface area contributed by atoms with Gasteiger partial charge in [0.2, 0.25) is 0 Å². The second-order valence-corrected chi connectivity index (χ2v) is 17.7. The number of likely N-dealkylation sites (N-methyl/N-ethyl adjacent to an activating group) is 1. The molecular weight excluding hydrogens is 790 g/mol. The van der Waals surface area contributed by atoms with Crippen LogP contribution in [0.3, 0.4) is 0 Å². The van der Waals surface area contributed by atoms with Crippen molar-refractivity contribution in [3.05, 3.63) is 49.2 Å². The third-order valence-corrected chi connectivity index (χ3v) is 13.0. The number of unbranched alkanes of at least 4 members (excludes halogenated alkanes) is 1. The van der Waals surface area contributed by atoms with Crippen molar-refractivity contribution >= 4 is 23.6 Å². The maximum absolute atomic E-state index is 17.1. The molecule has 0 saturated carbocycles. The molecule has 1 unspecified atom stereocenters. The highest BCUT2D eigenvalue weighted by Gasteiger charge is 2.63. The maximum Gasteiger partial charge on any atom is 0.411 e. The lowest BCUT2D eigenvalue weighted by Crippen LogP contribution is -2.62. The molecule has 3 fully saturated rings. The number of aromatic nitrogens is 3. The molecule has 13 atom stereocenters. The van der Waals surface area contributed by atoms with Crippen LogP contribution in [0.15, 0.2) is 49.2 Å². The number of alkyl halides is 1. The van der Waals surface area contributed by atoms with Crippen molar-refractivity contribution in [3.63, 3.8) is 0 Å². The summed E-state index contributed by atoms with van der Waals surface area (Å²) in [6, 6.07) is 2.42. The zero-order chi connectivity index (χ0) is 45.0. The molecule has 5 heterocycles. The number of nitrogens with zero attached hydrogens (tertiary/aromatic N) is 5. The number of hydrogen-bond acceptors (Lipinski definition) is 13. The van der Waals surface area contributed by atoms with Crippen molar-refractivity contribution in [1.82, 2.24) is 24.3 Å². The lowest BCUT2D eigenvalue weighted by Gasteiger charge is -2.47. The monoisotopic (exact) mass is 855 g/mol. The number of amides is 1. The van der Waals surface area contributed by atoms with Gasteiger partial charge in [0.05, 0.1) is 35.9 Å². The SMILES string of the molecule is C/C=C\[C@]12OC(=O)N(CCCCn3cnc(-c4cccnc4)c3)[C@@H]1[C@@H](C)C(=O)[C@H](C)C[C@](C)(OC)[C@H](OC1O[C@H](C)C[C@H](N(C)C)[C@H]1O)[C@@H](C)C(=O)[C@](C)(F)C(=O)O[C@@H]2CC. The van der Waals surface area contributed by atoms with E-state index < -0.39 is 83.1 Å². The molecular formula is C45H66FN5O10. The first-order valence-corrected chi connectivity index (χ1v) is 21.5. The standard InChI is InChI=1S/C45H66FN5O10/c1-12-18-45-34(13-2)59-41(55)44(8,46)38(54)30(6)39(60-40-36(53)33(49(9)10)22-28(4)58-40)43(7,57-11)23-27(3)35(52)29(5)37(45)51(42(56)61-45)21-15-14-20-50-25-32(48-26-50)31-17-16-19-47-24-31/h12,16-19,24-30,33-34,36-37,39-40,53H,13-15,20-23H2,1-11H3/b18-12-/t27-,28-,29+,30+,33+,34-,36-,37-,39-,40?,43+,44+,45-/m1/s1. The van der Waals surface area contributed by atoms with E-state index in [0.717, 1.165) is 18.2 Å². The van der Waals surface area contributed by atoms with E-state index in [1.54, 1.807) is 65.5 Å². The van der Waals surface area contributed by atoms with Gasteiger partial charge in [-0.25, -0.2) is 19.0 Å². The summed E-state index contributed by atoms with van der Waals surface area (Å²) in [5, 5.41) is 11.5. The molecule has 0 radical (unpaired) electrons. The molecule has 338 valence electrons. The van der Waals surface area contributed by atoms with Gasteiger partial charge in [0.1, 0.15) is 18.0 Å². The number of allylic oxidation sites excluding steroid dienone is 1. The summed E-state index contributed by atoms with van der Waals surface area (Å²) in [6.45, 7) is 13.4. The first-order valence-electron chi connectivity index (χ1n) is 21.5. The number of cyclic esters (lactones) is 1. The van der Waals surface area contributed by atoms with Crippen LogP contribution < -0.4 is 0 Å². The Morgan fingerprint density at radius 2 is 1.79 bits per heavy atom. The average molecular weight is 856 g/mol. The summed E-state index contributed by atoms with van der Waals surface area (Å²) in [5.41, 5.74) is -4.72. The first-order chi connectivity index (χ1) is 28.8. The number of aryl methyl sites for hydroxylation is 1. The fourth-order valence-electron chi connectivity index (χ4n) is 9.62. The van der Waals surface area contributed by atoms with E-state index in [4.69, 9.17) is 23.7 Å². The fraction of sp³-hybridized carbons (Fsp3) is 0.689. The van der Waals surface area contributed by atoms with E-state index in [1.165, 1.54) is 18.9 Å². The summed E-state index contributed by atoms with van der Waals surface area (Å²) >= 11 is 0. The predicted molar refractivity (Wildman–Crippen MR) is 224 cm³/mol. The van der Waals surface area contributed by atoms with Crippen LogP contribution in [0, 0.1) is 17.8 Å². The van der Waals surface area contributed by atoms with Crippen LogP contribution in [0.25, 0.3) is 11.3 Å². The van der Waals surface area contributed by atoms with Crippen molar-refractivity contribution in [2.75, 3.05) is 27.7 Å². The number of imidazole rings is 1. The van der Waals surface area contributed by atoms with Crippen LogP contribution in [-0.4, -0.2) is 140 Å². The maximum atomic E-state index is 17.1. The first kappa shape index (κ1) is 48.0. The van der Waals surface area contributed by atoms with Gasteiger partial charge in [-0.15, -0.1) is 0 Å². The minimum Gasteiger partial charge on any atom is -0.455 e. The van der Waals surface area contributed by atoms with Crippen LogP contribution in [0.2, 0.25) is 0 Å². The lowest BCUT2D eigenvalue weighted by atomic mass is 9.72. The van der Waals surface area contributed by atoms with Crippen LogP contribution in [-0.2, 0) is 44.6 Å². The summed E-state index contributed by atoms with van der Waals surface area (Å²) in [6.07, 6.45) is 5.97. The number of esters is 1. The smallest absolute Gasteiger partial charge is 0.411 e. The number of ether oxygens (including phenoxy) is 5. The van der Waals surface area contributed by atoms with Crippen LogP contribution in [0.1, 0.15) is 87.5 Å². The summed E-state index contributed by atoms with van der Waals surface area (Å²) in [4.78, 5) is 69.5. The Morgan fingerprint density at radius 1 is 1.08 bits per heavy atom. The molecule has 0 spiro atoms. The number of fused-ring (bicyclic) bond motifs is 1. The van der Waals surface area contributed by atoms with Crippen LogP contribution >= 0.6 is 0 Å². The quantitative estimate of drug-likeness (QED) is 0.122. The Kier molecular flexibility index (Phi) is 15.4. The number of aliphatic hydroxyl groups is 1. The second kappa shape index (κ2) is 19.5. The second-order valence-electron chi connectivity index (χ2n) is 17.7. The van der Waals surface area contributed by atoms with E-state index >= 15 is 4.39 Å². The lowest BCUT2D eigenvalue weighted by molar-refractivity contribution is -0.295. The molecule has 3 saturated heterocycles. The number of aliphatic hydroxyl groups excluding tert-OH is 1. The molecule has 5 rings (SSSR count). The number of halogens is 1. The Morgan fingerprint density at radius 3 is 2.41 bits per heavy atom. The molecule has 1 amide bonds. The zero-order valence-electron chi connectivity index (χ0n) is 37.6. The van der Waals surface area contributed by atoms with E-state index in [0.29, 0.717) is 25.8 Å². The van der Waals surface area contributed by atoms with Gasteiger partial charge in [-0.3, -0.25) is 19.5 Å². The molecule has 1 N–H and O–H groups in total. The molecule has 0 aromatic carbocycles. The van der Waals surface area contributed by atoms with Crippen LogP contribution in [0.5, 0.6) is 0 Å². The Balaban J connectivity index is 1.50. The summed E-state index contributed by atoms with van der Waals surface area (Å²) < 4.78 is 49.9. The third-order valence-electron chi connectivity index (χ3n) is 13.0. The molecule has 3 aliphatic rings. The number of methoxy groups -OCH3 is 1. The number of carbonyl (C=O) groups excluding carboxylic acids is 4. The van der Waals surface area contributed by atoms with Crippen molar-refractivity contribution in [1.29, 1.82) is 0 Å². The zero-order valence-corrected chi connectivity index (χ0v) is 37.6. The number of rotatable bonds is 12. The number of hydrogen-bond donors (Lipinski definition) is 1. The molecule has 16 heteroatoms. The van der Waals surface area contributed by atoms with Gasteiger partial charge in [0, 0.05) is 68.1 Å². The molecule has 0 aliphatic carbocycles. The summed E-state index contributed by atoms with van der Waals surface area (Å²) in [7, 11) is 5.05. The predicted octanol–water partition coefficient (Wildman–Crippen LogP) is 5.58.